The molecular formula is C18H14BNO4. The van der Waals surface area contributed by atoms with Gasteiger partial charge in [0, 0.05) is 16.5 Å². The minimum absolute atomic E-state index is 0.315. The smallest absolute Gasteiger partial charge is 0.423 e. The van der Waals surface area contributed by atoms with E-state index in [2.05, 4.69) is 5.32 Å². The zero-order valence-electron chi connectivity index (χ0n) is 12.6. The predicted octanol–water partition coefficient (Wildman–Crippen LogP) is 1.09. The van der Waals surface area contributed by atoms with Gasteiger partial charge in [0.15, 0.2) is 0 Å². The fourth-order valence-corrected chi connectivity index (χ4v) is 2.58. The Labute approximate surface area is 138 Å². The van der Waals surface area contributed by atoms with Gasteiger partial charge in [0.05, 0.1) is 0 Å². The van der Waals surface area contributed by atoms with Crippen molar-refractivity contribution in [2.75, 3.05) is 0 Å². The predicted molar refractivity (Wildman–Crippen MR) is 92.0 cm³/mol. The van der Waals surface area contributed by atoms with E-state index in [9.17, 15) is 9.59 Å². The highest BCUT2D eigenvalue weighted by Crippen LogP contribution is 2.25. The Morgan fingerprint density at radius 2 is 1.25 bits per heavy atom. The molecule has 0 unspecified atom stereocenters. The number of rotatable bonds is 1. The molecule has 3 aromatic rings. The first-order valence-electron chi connectivity index (χ1n) is 7.36. The number of benzene rings is 3. The molecule has 0 fully saturated rings. The van der Waals surface area contributed by atoms with Crippen molar-refractivity contribution in [3.8, 4) is 0 Å². The van der Waals surface area contributed by atoms with Crippen LogP contribution in [0.4, 0.5) is 0 Å². The zero-order chi connectivity index (χ0) is 17.1. The van der Waals surface area contributed by atoms with Gasteiger partial charge < -0.3 is 10.0 Å². The van der Waals surface area contributed by atoms with Crippen LogP contribution in [0.15, 0.2) is 66.7 Å². The molecule has 3 N–H and O–H groups in total. The van der Waals surface area contributed by atoms with E-state index in [4.69, 9.17) is 10.0 Å². The monoisotopic (exact) mass is 319 g/mol. The Balaban J connectivity index is 0.000000162. The molecule has 0 aromatic heterocycles. The number of imide groups is 1. The van der Waals surface area contributed by atoms with E-state index in [1.807, 2.05) is 30.3 Å². The van der Waals surface area contributed by atoms with E-state index in [0.717, 1.165) is 10.8 Å². The van der Waals surface area contributed by atoms with E-state index in [1.165, 1.54) is 0 Å². The van der Waals surface area contributed by atoms with E-state index in [-0.39, 0.29) is 11.8 Å². The van der Waals surface area contributed by atoms with E-state index in [1.54, 1.807) is 36.4 Å². The standard InChI is InChI=1S/C12H7NO2.C6H7BO2/c14-11-8-5-1-3-7-4-2-6-9(10(7)8)12(15)13-11;8-7(9)6-4-2-1-3-5-6/h1-6H,(H,13,14,15);1-5,8-9H. The molecule has 0 aliphatic carbocycles. The highest BCUT2D eigenvalue weighted by Gasteiger charge is 2.23. The summed E-state index contributed by atoms with van der Waals surface area (Å²) in [5, 5.41) is 21.2. The minimum atomic E-state index is -1.34. The quantitative estimate of drug-likeness (QED) is 0.463. The normalized spacial score (nSPS) is 12.2. The zero-order valence-corrected chi connectivity index (χ0v) is 12.6. The molecule has 4 rings (SSSR count). The van der Waals surface area contributed by atoms with E-state index < -0.39 is 7.12 Å². The van der Waals surface area contributed by atoms with Crippen molar-refractivity contribution in [1.29, 1.82) is 0 Å². The molecule has 0 atom stereocenters. The highest BCUT2D eigenvalue weighted by molar-refractivity contribution is 6.58. The summed E-state index contributed by atoms with van der Waals surface area (Å²) >= 11 is 0. The number of nitrogens with one attached hydrogen (secondary N) is 1. The first-order valence-corrected chi connectivity index (χ1v) is 7.36. The van der Waals surface area contributed by atoms with Gasteiger partial charge in [-0.15, -0.1) is 0 Å². The Morgan fingerprint density at radius 3 is 1.71 bits per heavy atom. The Kier molecular flexibility index (Phi) is 4.42. The largest absolute Gasteiger partial charge is 0.488 e. The van der Waals surface area contributed by atoms with Crippen LogP contribution in [-0.4, -0.2) is 29.0 Å². The van der Waals surface area contributed by atoms with Crippen LogP contribution >= 0.6 is 0 Å². The van der Waals surface area contributed by atoms with Crippen LogP contribution in [0.3, 0.4) is 0 Å². The van der Waals surface area contributed by atoms with Gasteiger partial charge in [0.1, 0.15) is 0 Å². The molecular weight excluding hydrogens is 305 g/mol. The highest BCUT2D eigenvalue weighted by atomic mass is 16.4. The van der Waals surface area contributed by atoms with Gasteiger partial charge in [-0.3, -0.25) is 14.9 Å². The van der Waals surface area contributed by atoms with Gasteiger partial charge in [0.2, 0.25) is 0 Å². The van der Waals surface area contributed by atoms with Crippen LogP contribution in [0, 0.1) is 0 Å². The van der Waals surface area contributed by atoms with Crippen molar-refractivity contribution < 1.29 is 19.6 Å². The molecule has 0 saturated heterocycles. The second kappa shape index (κ2) is 6.66. The number of amides is 2. The van der Waals surface area contributed by atoms with E-state index >= 15 is 0 Å². The lowest BCUT2D eigenvalue weighted by molar-refractivity contribution is 0.0845. The van der Waals surface area contributed by atoms with Gasteiger partial charge in [-0.05, 0) is 23.0 Å². The van der Waals surface area contributed by atoms with Crippen molar-refractivity contribution in [1.82, 2.24) is 5.32 Å². The summed E-state index contributed by atoms with van der Waals surface area (Å²) in [4.78, 5) is 23.1. The molecule has 6 heteroatoms. The Bertz CT molecular complexity index is 861. The minimum Gasteiger partial charge on any atom is -0.423 e. The lowest BCUT2D eigenvalue weighted by Gasteiger charge is -2.15. The van der Waals surface area contributed by atoms with Crippen LogP contribution in [0.25, 0.3) is 10.8 Å². The number of carbonyl (C=O) groups is 2. The molecule has 0 saturated carbocycles. The summed E-state index contributed by atoms with van der Waals surface area (Å²) in [6, 6.07) is 19.5. The number of carbonyl (C=O) groups excluding carboxylic acids is 2. The van der Waals surface area contributed by atoms with Crippen LogP contribution in [0.2, 0.25) is 0 Å². The van der Waals surface area contributed by atoms with Gasteiger partial charge in [-0.25, -0.2) is 0 Å². The van der Waals surface area contributed by atoms with Gasteiger partial charge in [-0.2, -0.15) is 0 Å². The maximum Gasteiger partial charge on any atom is 0.488 e. The van der Waals surface area contributed by atoms with Gasteiger partial charge in [-0.1, -0.05) is 54.6 Å². The molecule has 0 bridgehead atoms. The second-order valence-electron chi connectivity index (χ2n) is 5.28. The van der Waals surface area contributed by atoms with Crippen LogP contribution < -0.4 is 10.8 Å². The number of hydrogen-bond donors (Lipinski definition) is 3. The summed E-state index contributed by atoms with van der Waals surface area (Å²) < 4.78 is 0. The third-order valence-electron chi connectivity index (χ3n) is 3.72. The maximum atomic E-state index is 11.6. The topological polar surface area (TPSA) is 86.6 Å². The molecule has 1 aliphatic rings. The Hall–Kier alpha value is -2.96. The molecule has 118 valence electrons. The summed E-state index contributed by atoms with van der Waals surface area (Å²) in [5.41, 5.74) is 1.67. The third-order valence-corrected chi connectivity index (χ3v) is 3.72. The van der Waals surface area contributed by atoms with Crippen LogP contribution in [0.5, 0.6) is 0 Å². The number of hydrogen-bond acceptors (Lipinski definition) is 4. The molecule has 5 nitrogen and oxygen atoms in total. The molecule has 1 aliphatic heterocycles. The Morgan fingerprint density at radius 1 is 0.708 bits per heavy atom. The van der Waals surface area contributed by atoms with Crippen molar-refractivity contribution in [2.45, 2.75) is 0 Å². The molecule has 1 heterocycles. The molecule has 3 aromatic carbocycles. The SMILES string of the molecule is O=C1NC(=O)c2cccc3cccc1c23.OB(O)c1ccccc1. The van der Waals surface area contributed by atoms with Crippen molar-refractivity contribution >= 4 is 35.2 Å². The van der Waals surface area contributed by atoms with Crippen LogP contribution in [0.1, 0.15) is 20.7 Å². The van der Waals surface area contributed by atoms with Gasteiger partial charge in [0.25, 0.3) is 11.8 Å². The molecule has 2 amide bonds. The maximum absolute atomic E-state index is 11.6. The van der Waals surface area contributed by atoms with Gasteiger partial charge >= 0.3 is 7.12 Å². The first-order chi connectivity index (χ1) is 11.6. The summed E-state index contributed by atoms with van der Waals surface area (Å²) in [6.45, 7) is 0. The van der Waals surface area contributed by atoms with Crippen LogP contribution in [-0.2, 0) is 0 Å². The lowest BCUT2D eigenvalue weighted by Crippen LogP contribution is -2.34. The fraction of sp³-hybridized carbons (Fsp3) is 0. The van der Waals surface area contributed by atoms with Crippen molar-refractivity contribution in [3.05, 3.63) is 77.9 Å². The second-order valence-corrected chi connectivity index (χ2v) is 5.28. The third kappa shape index (κ3) is 3.06. The summed E-state index contributed by atoms with van der Waals surface area (Å²) in [7, 11) is -1.34. The average molecular weight is 319 g/mol. The molecule has 0 radical (unpaired) electrons. The van der Waals surface area contributed by atoms with Crippen molar-refractivity contribution in [3.63, 3.8) is 0 Å². The molecule has 0 spiro atoms. The van der Waals surface area contributed by atoms with E-state index in [0.29, 0.717) is 16.6 Å². The summed E-state index contributed by atoms with van der Waals surface area (Å²) in [6.07, 6.45) is 0. The average Bonchev–Trinajstić information content (AvgIpc) is 2.61. The summed E-state index contributed by atoms with van der Waals surface area (Å²) in [5.74, 6) is -0.631. The first kappa shape index (κ1) is 15.9. The fourth-order valence-electron chi connectivity index (χ4n) is 2.58. The lowest BCUT2D eigenvalue weighted by atomic mass is 9.81. The van der Waals surface area contributed by atoms with Crippen molar-refractivity contribution in [2.24, 2.45) is 0 Å². The molecule has 24 heavy (non-hydrogen) atoms.